The molecule has 1 aliphatic carbocycles. The van der Waals surface area contributed by atoms with Crippen LogP contribution in [0.15, 0.2) is 205 Å². The summed E-state index contributed by atoms with van der Waals surface area (Å²) in [5.74, 6) is 0. The van der Waals surface area contributed by atoms with Crippen molar-refractivity contribution in [3.8, 4) is 44.5 Å². The van der Waals surface area contributed by atoms with Gasteiger partial charge in [0.25, 0.3) is 0 Å². The van der Waals surface area contributed by atoms with Crippen LogP contribution in [0, 0.1) is 0 Å². The molecule has 0 amide bonds. The van der Waals surface area contributed by atoms with Gasteiger partial charge in [-0.15, -0.1) is 11.3 Å². The van der Waals surface area contributed by atoms with Crippen molar-refractivity contribution < 1.29 is 4.42 Å². The Labute approximate surface area is 353 Å². The SMILES string of the molecule is CC1(C)c2ccccc2-c2c(-c3ccccc3)cc(N(c3cccc(-c4cccc5oc6ccc(-c7ccccc7)cc6c45)c3)c3cccc4c3sc3ccccc34)cc21. The van der Waals surface area contributed by atoms with Crippen molar-refractivity contribution in [2.45, 2.75) is 19.3 Å². The Hall–Kier alpha value is -7.20. The molecule has 0 fully saturated rings. The number of hydrogen-bond donors (Lipinski definition) is 0. The molecule has 0 atom stereocenters. The third kappa shape index (κ3) is 5.33. The van der Waals surface area contributed by atoms with Crippen molar-refractivity contribution in [3.63, 3.8) is 0 Å². The Morgan fingerprint density at radius 1 is 0.433 bits per heavy atom. The summed E-state index contributed by atoms with van der Waals surface area (Å²) in [5.41, 5.74) is 17.4. The van der Waals surface area contributed by atoms with Crippen LogP contribution in [0.4, 0.5) is 17.1 Å². The molecule has 0 radical (unpaired) electrons. The molecule has 0 unspecified atom stereocenters. The molecule has 3 heteroatoms. The topological polar surface area (TPSA) is 16.4 Å². The molecule has 0 bridgehead atoms. The van der Waals surface area contributed by atoms with Crippen molar-refractivity contribution in [3.05, 3.63) is 211 Å². The molecular formula is C57H39NOS. The van der Waals surface area contributed by atoms with Crippen molar-refractivity contribution in [1.29, 1.82) is 0 Å². The first-order valence-corrected chi connectivity index (χ1v) is 21.5. The maximum absolute atomic E-state index is 6.53. The smallest absolute Gasteiger partial charge is 0.136 e. The van der Waals surface area contributed by atoms with Crippen LogP contribution >= 0.6 is 11.3 Å². The normalized spacial score (nSPS) is 13.0. The molecule has 0 saturated carbocycles. The number of rotatable bonds is 6. The van der Waals surface area contributed by atoms with Gasteiger partial charge < -0.3 is 9.32 Å². The van der Waals surface area contributed by atoms with E-state index < -0.39 is 0 Å². The van der Waals surface area contributed by atoms with Gasteiger partial charge >= 0.3 is 0 Å². The quantitative estimate of drug-likeness (QED) is 0.167. The van der Waals surface area contributed by atoms with Crippen LogP contribution in [0.3, 0.4) is 0 Å². The van der Waals surface area contributed by atoms with Gasteiger partial charge in [-0.1, -0.05) is 159 Å². The predicted molar refractivity (Wildman–Crippen MR) is 255 cm³/mol. The summed E-state index contributed by atoms with van der Waals surface area (Å²) in [6.07, 6.45) is 0. The average molecular weight is 786 g/mol. The molecular weight excluding hydrogens is 747 g/mol. The molecule has 60 heavy (non-hydrogen) atoms. The molecule has 9 aromatic carbocycles. The first-order chi connectivity index (χ1) is 29.5. The molecule has 0 saturated heterocycles. The highest BCUT2D eigenvalue weighted by Gasteiger charge is 2.38. The second kappa shape index (κ2) is 13.4. The summed E-state index contributed by atoms with van der Waals surface area (Å²) < 4.78 is 9.09. The molecule has 0 N–H and O–H groups in total. The number of furan rings is 1. The minimum Gasteiger partial charge on any atom is -0.456 e. The Morgan fingerprint density at radius 2 is 1.13 bits per heavy atom. The van der Waals surface area contributed by atoms with Gasteiger partial charge in [0, 0.05) is 43.0 Å². The van der Waals surface area contributed by atoms with E-state index in [0.717, 1.165) is 50.1 Å². The minimum absolute atomic E-state index is 0.195. The summed E-state index contributed by atoms with van der Waals surface area (Å²) in [6, 6.07) is 73.1. The van der Waals surface area contributed by atoms with E-state index in [2.05, 4.69) is 219 Å². The van der Waals surface area contributed by atoms with Crippen molar-refractivity contribution in [1.82, 2.24) is 0 Å². The molecule has 284 valence electrons. The number of benzene rings is 9. The molecule has 0 aliphatic heterocycles. The number of thiophene rings is 1. The zero-order valence-electron chi connectivity index (χ0n) is 33.3. The van der Waals surface area contributed by atoms with Crippen LogP contribution in [0.25, 0.3) is 86.6 Å². The van der Waals surface area contributed by atoms with Crippen LogP contribution < -0.4 is 4.90 Å². The van der Waals surface area contributed by atoms with E-state index in [0.29, 0.717) is 0 Å². The van der Waals surface area contributed by atoms with Gasteiger partial charge in [-0.2, -0.15) is 0 Å². The molecule has 1 aliphatic rings. The van der Waals surface area contributed by atoms with E-state index in [1.54, 1.807) is 0 Å². The third-order valence-electron chi connectivity index (χ3n) is 12.7. The second-order valence-corrected chi connectivity index (χ2v) is 17.5. The number of fused-ring (bicyclic) bond motifs is 9. The van der Waals surface area contributed by atoms with Gasteiger partial charge in [0.1, 0.15) is 11.2 Å². The summed E-state index contributed by atoms with van der Waals surface area (Å²) in [7, 11) is 0. The van der Waals surface area contributed by atoms with Crippen LogP contribution in [0.1, 0.15) is 25.0 Å². The Balaban J connectivity index is 1.12. The molecule has 12 rings (SSSR count). The fourth-order valence-corrected chi connectivity index (χ4v) is 11.0. The maximum atomic E-state index is 6.53. The average Bonchev–Trinajstić information content (AvgIpc) is 3.95. The van der Waals surface area contributed by atoms with Gasteiger partial charge in [-0.25, -0.2) is 0 Å². The Kier molecular flexibility index (Phi) is 7.79. The van der Waals surface area contributed by atoms with Crippen LogP contribution in [0.5, 0.6) is 0 Å². The van der Waals surface area contributed by atoms with Crippen molar-refractivity contribution in [2.75, 3.05) is 4.90 Å². The van der Waals surface area contributed by atoms with Crippen molar-refractivity contribution in [2.24, 2.45) is 0 Å². The summed E-state index contributed by atoms with van der Waals surface area (Å²) >= 11 is 1.87. The van der Waals surface area contributed by atoms with Crippen LogP contribution in [0.2, 0.25) is 0 Å². The van der Waals surface area contributed by atoms with E-state index in [1.807, 2.05) is 11.3 Å². The molecule has 0 spiro atoms. The molecule has 2 heterocycles. The highest BCUT2D eigenvalue weighted by atomic mass is 32.1. The van der Waals surface area contributed by atoms with Crippen LogP contribution in [-0.4, -0.2) is 0 Å². The molecule has 2 aromatic heterocycles. The first-order valence-electron chi connectivity index (χ1n) is 20.7. The first kappa shape index (κ1) is 34.8. The Bertz CT molecular complexity index is 3460. The number of hydrogen-bond acceptors (Lipinski definition) is 3. The fourth-order valence-electron chi connectivity index (χ4n) is 9.80. The maximum Gasteiger partial charge on any atom is 0.136 e. The fraction of sp³-hybridized carbons (Fsp3) is 0.0526. The highest BCUT2D eigenvalue weighted by Crippen LogP contribution is 2.55. The van der Waals surface area contributed by atoms with Gasteiger partial charge in [-0.3, -0.25) is 0 Å². The van der Waals surface area contributed by atoms with Crippen molar-refractivity contribution >= 4 is 70.5 Å². The lowest BCUT2D eigenvalue weighted by molar-refractivity contribution is 0.660. The van der Waals surface area contributed by atoms with Gasteiger partial charge in [0.05, 0.1) is 10.4 Å². The summed E-state index contributed by atoms with van der Waals surface area (Å²) in [6.45, 7) is 4.76. The lowest BCUT2D eigenvalue weighted by Crippen LogP contribution is -2.17. The van der Waals surface area contributed by atoms with Gasteiger partial charge in [-0.05, 0) is 110 Å². The van der Waals surface area contributed by atoms with E-state index in [4.69, 9.17) is 4.42 Å². The second-order valence-electron chi connectivity index (χ2n) is 16.4. The summed E-state index contributed by atoms with van der Waals surface area (Å²) in [5, 5.41) is 4.81. The highest BCUT2D eigenvalue weighted by molar-refractivity contribution is 7.26. The monoisotopic (exact) mass is 785 g/mol. The number of anilines is 3. The van der Waals surface area contributed by atoms with Gasteiger partial charge in [0.15, 0.2) is 0 Å². The largest absolute Gasteiger partial charge is 0.456 e. The van der Waals surface area contributed by atoms with E-state index >= 15 is 0 Å². The predicted octanol–water partition coefficient (Wildman–Crippen LogP) is 16.7. The zero-order valence-corrected chi connectivity index (χ0v) is 34.1. The Morgan fingerprint density at radius 3 is 2.00 bits per heavy atom. The minimum atomic E-state index is -0.195. The summed E-state index contributed by atoms with van der Waals surface area (Å²) in [4.78, 5) is 2.51. The zero-order chi connectivity index (χ0) is 40.0. The molecule has 2 nitrogen and oxygen atoms in total. The van der Waals surface area contributed by atoms with E-state index in [9.17, 15) is 0 Å². The standard InChI is InChI=1S/C57H39NOS/c1-57(2)48-26-11-9-23-45(48)54-46(37-18-7-4-8-19-37)34-41(35-49(54)57)58(50-27-14-25-44-43-22-10-12-29-53(43)60-56(44)50)40-21-13-20-39(32-40)42-24-15-28-52-55(42)47-33-38(30-31-51(47)59-52)36-16-5-3-6-17-36/h3-35H,1-2H3. The lowest BCUT2D eigenvalue weighted by atomic mass is 9.81. The molecule has 11 aromatic rings. The number of nitrogens with zero attached hydrogens (tertiary/aromatic N) is 1. The van der Waals surface area contributed by atoms with Gasteiger partial charge in [0.2, 0.25) is 0 Å². The van der Waals surface area contributed by atoms with Crippen LogP contribution in [-0.2, 0) is 5.41 Å². The van der Waals surface area contributed by atoms with E-state index in [1.165, 1.54) is 64.7 Å². The van der Waals surface area contributed by atoms with E-state index in [-0.39, 0.29) is 5.41 Å². The lowest BCUT2D eigenvalue weighted by Gasteiger charge is -2.30. The third-order valence-corrected chi connectivity index (χ3v) is 13.9.